The van der Waals surface area contributed by atoms with Crippen molar-refractivity contribution in [1.29, 1.82) is 0 Å². The number of hydrogen-bond acceptors (Lipinski definition) is 2. The maximum absolute atomic E-state index is 13.6. The first-order chi connectivity index (χ1) is 10.5. The van der Waals surface area contributed by atoms with E-state index in [4.69, 9.17) is 16.3 Å². The number of benzene rings is 1. The van der Waals surface area contributed by atoms with Gasteiger partial charge in [-0.1, -0.05) is 0 Å². The zero-order valence-electron chi connectivity index (χ0n) is 12.7. The van der Waals surface area contributed by atoms with Crippen molar-refractivity contribution in [2.24, 2.45) is 0 Å². The van der Waals surface area contributed by atoms with Crippen molar-refractivity contribution in [1.82, 2.24) is 9.88 Å². The molecule has 1 unspecified atom stereocenters. The van der Waals surface area contributed by atoms with E-state index in [2.05, 4.69) is 5.32 Å². The minimum Gasteiger partial charge on any atom is -0.497 e. The van der Waals surface area contributed by atoms with Gasteiger partial charge in [0.25, 0.3) is 0 Å². The molecule has 0 radical (unpaired) electrons. The molecule has 0 fully saturated rings. The van der Waals surface area contributed by atoms with Gasteiger partial charge in [-0.3, -0.25) is 4.79 Å². The van der Waals surface area contributed by atoms with Crippen LogP contribution in [0.1, 0.15) is 12.5 Å². The van der Waals surface area contributed by atoms with Crippen molar-refractivity contribution in [3.05, 3.63) is 30.0 Å². The number of carbonyl (C=O) groups is 1. The molecule has 0 saturated heterocycles. The minimum absolute atomic E-state index is 0.0307. The van der Waals surface area contributed by atoms with Gasteiger partial charge in [0.1, 0.15) is 11.9 Å². The SMILES string of the molecule is COc1ccc2c(c1)c(CCNC(C)=O)cn2CC(F)CCl. The van der Waals surface area contributed by atoms with E-state index in [1.54, 1.807) is 7.11 Å². The molecule has 0 saturated carbocycles. The highest BCUT2D eigenvalue weighted by molar-refractivity contribution is 6.18. The number of carbonyl (C=O) groups excluding carboxylic acids is 1. The highest BCUT2D eigenvalue weighted by Crippen LogP contribution is 2.27. The van der Waals surface area contributed by atoms with Crippen LogP contribution in [0, 0.1) is 0 Å². The van der Waals surface area contributed by atoms with Gasteiger partial charge >= 0.3 is 0 Å². The summed E-state index contributed by atoms with van der Waals surface area (Å²) in [5, 5.41) is 3.78. The van der Waals surface area contributed by atoms with Gasteiger partial charge < -0.3 is 14.6 Å². The molecule has 0 aliphatic heterocycles. The number of fused-ring (bicyclic) bond motifs is 1. The average molecular weight is 327 g/mol. The number of nitrogens with one attached hydrogen (secondary N) is 1. The summed E-state index contributed by atoms with van der Waals surface area (Å²) in [4.78, 5) is 11.0. The number of aromatic nitrogens is 1. The summed E-state index contributed by atoms with van der Waals surface area (Å²) in [6.45, 7) is 2.24. The van der Waals surface area contributed by atoms with E-state index in [0.29, 0.717) is 13.0 Å². The molecule has 120 valence electrons. The first-order valence-corrected chi connectivity index (χ1v) is 7.68. The lowest BCUT2D eigenvalue weighted by Gasteiger charge is -2.08. The highest BCUT2D eigenvalue weighted by atomic mass is 35.5. The van der Waals surface area contributed by atoms with Crippen molar-refractivity contribution in [2.75, 3.05) is 19.5 Å². The fraction of sp³-hybridized carbons (Fsp3) is 0.438. The van der Waals surface area contributed by atoms with Gasteiger partial charge in [0.15, 0.2) is 0 Å². The van der Waals surface area contributed by atoms with Crippen molar-refractivity contribution in [3.8, 4) is 5.75 Å². The predicted octanol–water partition coefficient (Wildman–Crippen LogP) is 2.91. The standard InChI is InChI=1S/C16H20ClFN2O2/c1-11(21)19-6-5-12-9-20(10-13(18)8-17)16-4-3-14(22-2)7-15(12)16/h3-4,7,9,13H,5-6,8,10H2,1-2H3,(H,19,21). The molecule has 1 aromatic carbocycles. The first kappa shape index (κ1) is 16.6. The van der Waals surface area contributed by atoms with Gasteiger partial charge in [0, 0.05) is 30.6 Å². The summed E-state index contributed by atoms with van der Waals surface area (Å²) < 4.78 is 20.7. The van der Waals surface area contributed by atoms with Crippen LogP contribution in [0.5, 0.6) is 5.75 Å². The summed E-state index contributed by atoms with van der Waals surface area (Å²) >= 11 is 5.57. The molecule has 6 heteroatoms. The van der Waals surface area contributed by atoms with Gasteiger partial charge in [-0.15, -0.1) is 11.6 Å². The zero-order chi connectivity index (χ0) is 16.1. The minimum atomic E-state index is -1.09. The molecule has 1 heterocycles. The Bertz CT molecular complexity index is 657. The Kier molecular flexibility index (Phi) is 5.66. The summed E-state index contributed by atoms with van der Waals surface area (Å²) in [5.74, 6) is 0.657. The Morgan fingerprint density at radius 2 is 2.27 bits per heavy atom. The van der Waals surface area contributed by atoms with Crippen LogP contribution >= 0.6 is 11.6 Å². The van der Waals surface area contributed by atoms with Crippen molar-refractivity contribution in [2.45, 2.75) is 26.1 Å². The Hall–Kier alpha value is -1.75. The van der Waals surface area contributed by atoms with Crippen molar-refractivity contribution in [3.63, 3.8) is 0 Å². The molecular weight excluding hydrogens is 307 g/mol. The van der Waals surface area contributed by atoms with Gasteiger partial charge in [-0.05, 0) is 30.2 Å². The quantitative estimate of drug-likeness (QED) is 0.795. The maximum atomic E-state index is 13.6. The number of amides is 1. The number of methoxy groups -OCH3 is 1. The molecule has 1 aromatic heterocycles. The molecule has 2 aromatic rings. The van der Waals surface area contributed by atoms with Crippen LogP contribution in [-0.4, -0.2) is 36.2 Å². The molecule has 1 N–H and O–H groups in total. The van der Waals surface area contributed by atoms with Crippen molar-refractivity contribution < 1.29 is 13.9 Å². The monoisotopic (exact) mass is 326 g/mol. The third-order valence-electron chi connectivity index (χ3n) is 3.50. The number of rotatable bonds is 7. The van der Waals surface area contributed by atoms with Gasteiger partial charge in [-0.25, -0.2) is 4.39 Å². The van der Waals surface area contributed by atoms with Crippen LogP contribution in [0.15, 0.2) is 24.4 Å². The second-order valence-corrected chi connectivity index (χ2v) is 5.48. The average Bonchev–Trinajstić information content (AvgIpc) is 2.84. The molecule has 0 bridgehead atoms. The first-order valence-electron chi connectivity index (χ1n) is 7.15. The molecule has 0 spiro atoms. The fourth-order valence-electron chi connectivity index (χ4n) is 2.46. The van der Waals surface area contributed by atoms with E-state index in [-0.39, 0.29) is 18.3 Å². The van der Waals surface area contributed by atoms with Crippen LogP contribution in [0.25, 0.3) is 10.9 Å². The Labute approximate surface area is 134 Å². The molecule has 22 heavy (non-hydrogen) atoms. The Morgan fingerprint density at radius 1 is 1.50 bits per heavy atom. The summed E-state index contributed by atoms with van der Waals surface area (Å²) in [6.07, 6.45) is 1.50. The summed E-state index contributed by atoms with van der Waals surface area (Å²) in [7, 11) is 1.61. The normalized spacial score (nSPS) is 12.4. The number of hydrogen-bond donors (Lipinski definition) is 1. The Balaban J connectivity index is 2.33. The lowest BCUT2D eigenvalue weighted by atomic mass is 10.1. The maximum Gasteiger partial charge on any atom is 0.216 e. The largest absolute Gasteiger partial charge is 0.497 e. The van der Waals surface area contributed by atoms with Gasteiger partial charge in [0.05, 0.1) is 19.5 Å². The number of alkyl halides is 2. The van der Waals surface area contributed by atoms with E-state index in [1.807, 2.05) is 29.0 Å². The van der Waals surface area contributed by atoms with E-state index >= 15 is 0 Å². The molecule has 4 nitrogen and oxygen atoms in total. The highest BCUT2D eigenvalue weighted by Gasteiger charge is 2.13. The lowest BCUT2D eigenvalue weighted by Crippen LogP contribution is -2.22. The summed E-state index contributed by atoms with van der Waals surface area (Å²) in [5.41, 5.74) is 1.98. The van der Waals surface area contributed by atoms with E-state index in [9.17, 15) is 9.18 Å². The number of nitrogens with zero attached hydrogens (tertiary/aromatic N) is 1. The van der Waals surface area contributed by atoms with Crippen LogP contribution in [0.3, 0.4) is 0 Å². The number of halogens is 2. The van der Waals surface area contributed by atoms with Crippen LogP contribution in [0.2, 0.25) is 0 Å². The van der Waals surface area contributed by atoms with E-state index in [1.165, 1.54) is 6.92 Å². The second-order valence-electron chi connectivity index (χ2n) is 5.17. The topological polar surface area (TPSA) is 43.3 Å². The third kappa shape index (κ3) is 3.91. The van der Waals surface area contributed by atoms with E-state index in [0.717, 1.165) is 22.2 Å². The van der Waals surface area contributed by atoms with Gasteiger partial charge in [-0.2, -0.15) is 0 Å². The smallest absolute Gasteiger partial charge is 0.216 e. The van der Waals surface area contributed by atoms with Crippen LogP contribution in [-0.2, 0) is 17.8 Å². The fourth-order valence-corrected chi connectivity index (χ4v) is 2.56. The number of ether oxygens (including phenoxy) is 1. The van der Waals surface area contributed by atoms with Crippen molar-refractivity contribution >= 4 is 28.4 Å². The molecule has 0 aliphatic carbocycles. The third-order valence-corrected chi connectivity index (χ3v) is 3.84. The van der Waals surface area contributed by atoms with E-state index < -0.39 is 6.17 Å². The summed E-state index contributed by atoms with van der Waals surface area (Å²) in [6, 6.07) is 5.70. The molecular formula is C16H20ClFN2O2. The predicted molar refractivity (Wildman–Crippen MR) is 86.5 cm³/mol. The molecule has 1 atom stereocenters. The second kappa shape index (κ2) is 7.49. The molecule has 2 rings (SSSR count). The molecule has 1 amide bonds. The lowest BCUT2D eigenvalue weighted by molar-refractivity contribution is -0.118. The van der Waals surface area contributed by atoms with Crippen LogP contribution < -0.4 is 10.1 Å². The Morgan fingerprint density at radius 3 is 2.91 bits per heavy atom. The van der Waals surface area contributed by atoms with Gasteiger partial charge in [0.2, 0.25) is 5.91 Å². The van der Waals surface area contributed by atoms with Crippen LogP contribution in [0.4, 0.5) is 4.39 Å². The molecule has 0 aliphatic rings. The zero-order valence-corrected chi connectivity index (χ0v) is 13.5.